The lowest BCUT2D eigenvalue weighted by Crippen LogP contribution is -2.43. The smallest absolute Gasteiger partial charge is 0.237 e. The van der Waals surface area contributed by atoms with Crippen molar-refractivity contribution in [3.05, 3.63) is 34.9 Å². The zero-order valence-corrected chi connectivity index (χ0v) is 14.2. The molecule has 0 aliphatic rings. The minimum Gasteiger partial charge on any atom is -0.392 e. The van der Waals surface area contributed by atoms with Gasteiger partial charge in [0.25, 0.3) is 0 Å². The third-order valence-corrected chi connectivity index (χ3v) is 4.56. The van der Waals surface area contributed by atoms with Crippen molar-refractivity contribution in [2.45, 2.75) is 20.3 Å². The van der Waals surface area contributed by atoms with Gasteiger partial charge in [-0.15, -0.1) is 0 Å². The molecular formula is C15H16BrN3OS. The molecule has 0 aliphatic carbocycles. The van der Waals surface area contributed by atoms with Crippen LogP contribution in [-0.4, -0.2) is 15.9 Å². The molecule has 1 unspecified atom stereocenters. The molecule has 0 saturated carbocycles. The Morgan fingerprint density at radius 2 is 2.24 bits per heavy atom. The fourth-order valence-electron chi connectivity index (χ4n) is 1.94. The van der Waals surface area contributed by atoms with Crippen LogP contribution in [0.4, 0.5) is 5.69 Å². The second kappa shape index (κ2) is 6.07. The monoisotopic (exact) mass is 365 g/mol. The van der Waals surface area contributed by atoms with E-state index in [1.54, 1.807) is 13.1 Å². The number of benzene rings is 1. The SMILES string of the molecule is CCC(C)(C(=O)Nc1cccc2cc(Br)cnc12)C(N)=S. The normalized spacial score (nSPS) is 13.7. The number of nitrogens with two attached hydrogens (primary N) is 1. The number of thiocarbonyl (C=S) groups is 1. The average molecular weight is 366 g/mol. The molecule has 2 aromatic rings. The highest BCUT2D eigenvalue weighted by atomic mass is 79.9. The lowest BCUT2D eigenvalue weighted by molar-refractivity contribution is -0.121. The van der Waals surface area contributed by atoms with E-state index in [0.29, 0.717) is 12.1 Å². The van der Waals surface area contributed by atoms with Crippen molar-refractivity contribution >= 4 is 55.6 Å². The average Bonchev–Trinajstić information content (AvgIpc) is 2.45. The molecule has 6 heteroatoms. The molecular weight excluding hydrogens is 350 g/mol. The molecule has 110 valence electrons. The van der Waals surface area contributed by atoms with Gasteiger partial charge in [0.05, 0.1) is 21.6 Å². The number of anilines is 1. The standard InChI is InChI=1S/C15H16BrN3OS/c1-3-15(2,13(17)21)14(20)19-11-6-4-5-9-7-10(16)8-18-12(9)11/h4-8H,3H2,1-2H3,(H2,17,21)(H,19,20). The Balaban J connectivity index is 2.40. The predicted octanol–water partition coefficient (Wildman–Crippen LogP) is 3.64. The van der Waals surface area contributed by atoms with Gasteiger partial charge in [-0.1, -0.05) is 31.3 Å². The Labute approximate surface area is 137 Å². The van der Waals surface area contributed by atoms with Crippen molar-refractivity contribution < 1.29 is 4.79 Å². The number of para-hydroxylation sites is 1. The van der Waals surface area contributed by atoms with Gasteiger partial charge < -0.3 is 11.1 Å². The van der Waals surface area contributed by atoms with Crippen molar-refractivity contribution in [2.75, 3.05) is 5.32 Å². The summed E-state index contributed by atoms with van der Waals surface area (Å²) < 4.78 is 0.889. The first-order chi connectivity index (χ1) is 9.88. The summed E-state index contributed by atoms with van der Waals surface area (Å²) in [6.07, 6.45) is 2.24. The van der Waals surface area contributed by atoms with Crippen LogP contribution in [0.3, 0.4) is 0 Å². The first-order valence-corrected chi connectivity index (χ1v) is 7.74. The lowest BCUT2D eigenvalue weighted by Gasteiger charge is -2.25. The summed E-state index contributed by atoms with van der Waals surface area (Å²) in [7, 11) is 0. The second-order valence-corrected chi connectivity index (χ2v) is 6.39. The van der Waals surface area contributed by atoms with Gasteiger partial charge in [0.2, 0.25) is 5.91 Å². The topological polar surface area (TPSA) is 68.0 Å². The third kappa shape index (κ3) is 3.06. The van der Waals surface area contributed by atoms with Gasteiger partial charge in [-0.2, -0.15) is 0 Å². The van der Waals surface area contributed by atoms with E-state index in [1.165, 1.54) is 0 Å². The zero-order chi connectivity index (χ0) is 15.6. The van der Waals surface area contributed by atoms with Gasteiger partial charge in [-0.25, -0.2) is 0 Å². The maximum atomic E-state index is 12.5. The second-order valence-electron chi connectivity index (χ2n) is 5.03. The fourth-order valence-corrected chi connectivity index (χ4v) is 2.53. The maximum absolute atomic E-state index is 12.5. The van der Waals surface area contributed by atoms with Crippen LogP contribution >= 0.6 is 28.1 Å². The highest BCUT2D eigenvalue weighted by Gasteiger charge is 2.34. The minimum atomic E-state index is -0.868. The number of fused-ring (bicyclic) bond motifs is 1. The molecule has 0 radical (unpaired) electrons. The summed E-state index contributed by atoms with van der Waals surface area (Å²) in [5.74, 6) is -0.213. The van der Waals surface area contributed by atoms with Crippen LogP contribution in [-0.2, 0) is 4.79 Å². The van der Waals surface area contributed by atoms with Crippen LogP contribution in [0.25, 0.3) is 10.9 Å². The first-order valence-electron chi connectivity index (χ1n) is 6.54. The van der Waals surface area contributed by atoms with Crippen molar-refractivity contribution in [2.24, 2.45) is 11.1 Å². The number of nitrogens with zero attached hydrogens (tertiary/aromatic N) is 1. The highest BCUT2D eigenvalue weighted by Crippen LogP contribution is 2.28. The molecule has 0 bridgehead atoms. The fraction of sp³-hybridized carbons (Fsp3) is 0.267. The molecule has 2 rings (SSSR count). The molecule has 1 atom stereocenters. The number of carbonyl (C=O) groups excluding carboxylic acids is 1. The highest BCUT2D eigenvalue weighted by molar-refractivity contribution is 9.10. The Morgan fingerprint density at radius 1 is 1.52 bits per heavy atom. The van der Waals surface area contributed by atoms with Crippen LogP contribution in [0.5, 0.6) is 0 Å². The predicted molar refractivity (Wildman–Crippen MR) is 93.3 cm³/mol. The number of nitrogens with one attached hydrogen (secondary N) is 1. The van der Waals surface area contributed by atoms with Crippen LogP contribution in [0, 0.1) is 5.41 Å². The maximum Gasteiger partial charge on any atom is 0.237 e. The van der Waals surface area contributed by atoms with E-state index in [-0.39, 0.29) is 10.9 Å². The number of hydrogen-bond acceptors (Lipinski definition) is 3. The van der Waals surface area contributed by atoms with E-state index in [9.17, 15) is 4.79 Å². The summed E-state index contributed by atoms with van der Waals surface area (Å²) in [4.78, 5) is 17.1. The largest absolute Gasteiger partial charge is 0.392 e. The molecule has 0 aliphatic heterocycles. The molecule has 3 N–H and O–H groups in total. The Kier molecular flexibility index (Phi) is 4.58. The molecule has 0 spiro atoms. The number of rotatable bonds is 4. The van der Waals surface area contributed by atoms with Gasteiger partial charge >= 0.3 is 0 Å². The minimum absolute atomic E-state index is 0.193. The van der Waals surface area contributed by atoms with Crippen LogP contribution in [0.2, 0.25) is 0 Å². The van der Waals surface area contributed by atoms with Crippen molar-refractivity contribution in [1.82, 2.24) is 4.98 Å². The third-order valence-electron chi connectivity index (χ3n) is 3.68. The van der Waals surface area contributed by atoms with E-state index in [1.807, 2.05) is 31.2 Å². The molecule has 1 heterocycles. The van der Waals surface area contributed by atoms with Crippen LogP contribution < -0.4 is 11.1 Å². The molecule has 0 saturated heterocycles. The molecule has 4 nitrogen and oxygen atoms in total. The van der Waals surface area contributed by atoms with Gasteiger partial charge in [0.15, 0.2) is 0 Å². The number of aromatic nitrogens is 1. The van der Waals surface area contributed by atoms with E-state index in [2.05, 4.69) is 26.2 Å². The Hall–Kier alpha value is -1.53. The molecule has 21 heavy (non-hydrogen) atoms. The van der Waals surface area contributed by atoms with Crippen molar-refractivity contribution in [3.63, 3.8) is 0 Å². The number of halogens is 1. The van der Waals surface area contributed by atoms with E-state index < -0.39 is 5.41 Å². The van der Waals surface area contributed by atoms with Crippen molar-refractivity contribution in [3.8, 4) is 0 Å². The number of carbonyl (C=O) groups is 1. The summed E-state index contributed by atoms with van der Waals surface area (Å²) in [5, 5.41) is 3.83. The zero-order valence-electron chi connectivity index (χ0n) is 11.8. The molecule has 1 aromatic carbocycles. The van der Waals surface area contributed by atoms with Crippen LogP contribution in [0.1, 0.15) is 20.3 Å². The first kappa shape index (κ1) is 15.9. The van der Waals surface area contributed by atoms with E-state index in [4.69, 9.17) is 18.0 Å². The van der Waals surface area contributed by atoms with E-state index >= 15 is 0 Å². The van der Waals surface area contributed by atoms with Gasteiger partial charge in [-0.3, -0.25) is 9.78 Å². The summed E-state index contributed by atoms with van der Waals surface area (Å²) >= 11 is 8.42. The number of amides is 1. The molecule has 0 fully saturated rings. The number of pyridine rings is 1. The molecule has 1 aromatic heterocycles. The molecule has 1 amide bonds. The van der Waals surface area contributed by atoms with Gasteiger partial charge in [-0.05, 0) is 41.4 Å². The van der Waals surface area contributed by atoms with Crippen LogP contribution in [0.15, 0.2) is 34.9 Å². The summed E-state index contributed by atoms with van der Waals surface area (Å²) in [5.41, 5.74) is 6.23. The van der Waals surface area contributed by atoms with E-state index in [0.717, 1.165) is 15.4 Å². The lowest BCUT2D eigenvalue weighted by atomic mass is 9.86. The Morgan fingerprint density at radius 3 is 2.86 bits per heavy atom. The summed E-state index contributed by atoms with van der Waals surface area (Å²) in [6.45, 7) is 3.64. The quantitative estimate of drug-likeness (QED) is 0.811. The Bertz CT molecular complexity index is 719. The van der Waals surface area contributed by atoms with Gasteiger partial charge in [0.1, 0.15) is 0 Å². The number of hydrogen-bond donors (Lipinski definition) is 2. The summed E-state index contributed by atoms with van der Waals surface area (Å²) in [6, 6.07) is 7.58. The van der Waals surface area contributed by atoms with Crippen molar-refractivity contribution in [1.29, 1.82) is 0 Å². The van der Waals surface area contributed by atoms with Gasteiger partial charge in [0, 0.05) is 16.1 Å².